The molecule has 6 rings (SSSR count). The van der Waals surface area contributed by atoms with Gasteiger partial charge in [0.15, 0.2) is 0 Å². The first-order valence-electron chi connectivity index (χ1n) is 17.8. The Labute approximate surface area is 280 Å². The van der Waals surface area contributed by atoms with E-state index < -0.39 is 29.0 Å². The van der Waals surface area contributed by atoms with Gasteiger partial charge in [-0.05, 0) is 121 Å². The number of ether oxygens (including phenoxy) is 2. The van der Waals surface area contributed by atoms with Crippen LogP contribution in [-0.4, -0.2) is 53.2 Å². The Balaban J connectivity index is 1.31. The fraction of sp³-hybridized carbons (Fsp3) is 0.700. The summed E-state index contributed by atoms with van der Waals surface area (Å²) in [5.74, 6) is 0.0159. The molecule has 7 heteroatoms. The van der Waals surface area contributed by atoms with E-state index in [0.717, 1.165) is 56.9 Å². The topological polar surface area (TPSA) is 113 Å². The second kappa shape index (κ2) is 11.5. The molecular formula is C40H56O7. The SMILES string of the molecule is COC(=O)[C@]12CCC(C)(C)C[C@H]1C1=CC[C@@H]3[C@@]4(C)C[C@@H](O)[C@H](OC(=O)/C=C/c5ccc(O)cc5)[C@@](C)(CO)[C@@H]4CC[C@@]3(C)[C@]1(C)CC2. The molecule has 4 fully saturated rings. The molecule has 3 N–H and O–H groups in total. The van der Waals surface area contributed by atoms with E-state index in [1.165, 1.54) is 11.6 Å². The summed E-state index contributed by atoms with van der Waals surface area (Å²) in [6.07, 6.45) is 11.6. The molecule has 0 aromatic heterocycles. The van der Waals surface area contributed by atoms with E-state index >= 15 is 0 Å². The van der Waals surface area contributed by atoms with Crippen molar-refractivity contribution in [2.24, 2.45) is 50.2 Å². The van der Waals surface area contributed by atoms with Gasteiger partial charge >= 0.3 is 11.9 Å². The van der Waals surface area contributed by atoms with Gasteiger partial charge in [0.1, 0.15) is 11.9 Å². The summed E-state index contributed by atoms with van der Waals surface area (Å²) < 4.78 is 11.5. The minimum absolute atomic E-state index is 0.0449. The molecule has 10 atom stereocenters. The van der Waals surface area contributed by atoms with Crippen LogP contribution in [-0.2, 0) is 19.1 Å². The molecule has 1 aromatic carbocycles. The molecule has 0 bridgehead atoms. The summed E-state index contributed by atoms with van der Waals surface area (Å²) in [6.45, 7) is 13.7. The number of phenols is 1. The van der Waals surface area contributed by atoms with Gasteiger partial charge in [-0.3, -0.25) is 4.79 Å². The zero-order valence-electron chi connectivity index (χ0n) is 29.5. The summed E-state index contributed by atoms with van der Waals surface area (Å²) in [6, 6.07) is 6.52. The van der Waals surface area contributed by atoms with Gasteiger partial charge < -0.3 is 24.8 Å². The number of carbonyl (C=O) groups is 2. The maximum Gasteiger partial charge on any atom is 0.331 e. The van der Waals surface area contributed by atoms with Gasteiger partial charge in [-0.15, -0.1) is 0 Å². The molecule has 0 radical (unpaired) electrons. The maximum atomic E-state index is 13.5. The largest absolute Gasteiger partial charge is 0.508 e. The molecule has 5 aliphatic carbocycles. The van der Waals surface area contributed by atoms with Crippen LogP contribution in [0.5, 0.6) is 5.75 Å². The second-order valence-corrected chi connectivity index (χ2v) is 17.6. The monoisotopic (exact) mass is 648 g/mol. The van der Waals surface area contributed by atoms with E-state index in [1.54, 1.807) is 37.5 Å². The number of esters is 2. The molecule has 5 aliphatic rings. The Morgan fingerprint density at radius 1 is 0.936 bits per heavy atom. The van der Waals surface area contributed by atoms with Gasteiger partial charge in [-0.2, -0.15) is 0 Å². The van der Waals surface area contributed by atoms with E-state index in [0.29, 0.717) is 6.42 Å². The third-order valence-corrected chi connectivity index (χ3v) is 14.8. The van der Waals surface area contributed by atoms with Crippen LogP contribution in [0.4, 0.5) is 0 Å². The zero-order valence-corrected chi connectivity index (χ0v) is 29.5. The average Bonchev–Trinajstić information content (AvgIpc) is 3.02. The van der Waals surface area contributed by atoms with Gasteiger partial charge in [0, 0.05) is 11.5 Å². The number of aliphatic hydroxyl groups excluding tert-OH is 2. The van der Waals surface area contributed by atoms with Crippen LogP contribution >= 0.6 is 0 Å². The molecular weight excluding hydrogens is 592 g/mol. The molecule has 0 aliphatic heterocycles. The summed E-state index contributed by atoms with van der Waals surface area (Å²) in [7, 11) is 1.54. The number of rotatable bonds is 5. The van der Waals surface area contributed by atoms with Gasteiger partial charge in [-0.1, -0.05) is 65.3 Å². The first kappa shape index (κ1) is 34.2. The quantitative estimate of drug-likeness (QED) is 0.175. The van der Waals surface area contributed by atoms with E-state index in [1.807, 2.05) is 6.92 Å². The van der Waals surface area contributed by atoms with Crippen molar-refractivity contribution in [1.82, 2.24) is 0 Å². The first-order valence-corrected chi connectivity index (χ1v) is 17.8. The predicted molar refractivity (Wildman–Crippen MR) is 181 cm³/mol. The highest BCUT2D eigenvalue weighted by Gasteiger charge is 2.71. The van der Waals surface area contributed by atoms with Crippen LogP contribution in [0.3, 0.4) is 0 Å². The van der Waals surface area contributed by atoms with Crippen molar-refractivity contribution in [1.29, 1.82) is 0 Å². The van der Waals surface area contributed by atoms with Crippen molar-refractivity contribution in [3.63, 3.8) is 0 Å². The number of benzene rings is 1. The van der Waals surface area contributed by atoms with Crippen molar-refractivity contribution in [2.45, 2.75) is 112 Å². The van der Waals surface area contributed by atoms with Crippen LogP contribution in [0.15, 0.2) is 42.0 Å². The fourth-order valence-corrected chi connectivity index (χ4v) is 12.1. The van der Waals surface area contributed by atoms with Crippen LogP contribution in [0, 0.1) is 50.2 Å². The minimum atomic E-state index is -0.919. The molecule has 0 spiro atoms. The van der Waals surface area contributed by atoms with Crippen molar-refractivity contribution in [3.05, 3.63) is 47.6 Å². The van der Waals surface area contributed by atoms with Gasteiger partial charge in [0.25, 0.3) is 0 Å². The third-order valence-electron chi connectivity index (χ3n) is 14.8. The minimum Gasteiger partial charge on any atom is -0.508 e. The molecule has 7 nitrogen and oxygen atoms in total. The Bertz CT molecular complexity index is 1460. The van der Waals surface area contributed by atoms with Crippen molar-refractivity contribution in [3.8, 4) is 5.75 Å². The first-order chi connectivity index (χ1) is 22.0. The lowest BCUT2D eigenvalue weighted by Gasteiger charge is -2.71. The number of aliphatic hydroxyl groups is 2. The molecule has 258 valence electrons. The molecule has 47 heavy (non-hydrogen) atoms. The average molecular weight is 649 g/mol. The summed E-state index contributed by atoms with van der Waals surface area (Å²) >= 11 is 0. The zero-order chi connectivity index (χ0) is 34.2. The van der Waals surface area contributed by atoms with E-state index in [9.17, 15) is 24.9 Å². The van der Waals surface area contributed by atoms with E-state index in [-0.39, 0.29) is 57.7 Å². The van der Waals surface area contributed by atoms with Crippen molar-refractivity contribution in [2.75, 3.05) is 13.7 Å². The highest BCUT2D eigenvalue weighted by atomic mass is 16.6. The van der Waals surface area contributed by atoms with Gasteiger partial charge in [0.05, 0.1) is 25.2 Å². The highest BCUT2D eigenvalue weighted by molar-refractivity contribution is 5.87. The number of carbonyl (C=O) groups excluding carboxylic acids is 2. The summed E-state index contributed by atoms with van der Waals surface area (Å²) in [4.78, 5) is 26.6. The molecule has 1 aromatic rings. The lowest BCUT2D eigenvalue weighted by Crippen LogP contribution is -2.68. The van der Waals surface area contributed by atoms with E-state index in [4.69, 9.17) is 9.47 Å². The Kier molecular flexibility index (Phi) is 8.35. The summed E-state index contributed by atoms with van der Waals surface area (Å²) in [5.41, 5.74) is 0.643. The number of phenolic OH excluding ortho intramolecular Hbond substituents is 1. The van der Waals surface area contributed by atoms with Crippen LogP contribution in [0.25, 0.3) is 6.08 Å². The molecule has 0 amide bonds. The normalized spacial score (nSPS) is 43.9. The Morgan fingerprint density at radius 3 is 2.28 bits per heavy atom. The van der Waals surface area contributed by atoms with Crippen LogP contribution in [0.1, 0.15) is 105 Å². The van der Waals surface area contributed by atoms with Gasteiger partial charge in [0.2, 0.25) is 0 Å². The molecule has 4 saturated carbocycles. The van der Waals surface area contributed by atoms with Gasteiger partial charge in [-0.25, -0.2) is 4.79 Å². The number of allylic oxidation sites excluding steroid dienone is 2. The van der Waals surface area contributed by atoms with Crippen molar-refractivity contribution < 1.29 is 34.4 Å². The third kappa shape index (κ3) is 5.04. The Hall–Kier alpha value is -2.64. The number of hydrogen-bond acceptors (Lipinski definition) is 7. The highest BCUT2D eigenvalue weighted by Crippen LogP contribution is 2.76. The van der Waals surface area contributed by atoms with Crippen molar-refractivity contribution >= 4 is 18.0 Å². The number of hydrogen-bond donors (Lipinski definition) is 3. The number of methoxy groups -OCH3 is 1. The van der Waals surface area contributed by atoms with E-state index in [2.05, 4.69) is 40.7 Å². The predicted octanol–water partition coefficient (Wildman–Crippen LogP) is 7.24. The lowest BCUT2D eigenvalue weighted by atomic mass is 9.33. The number of aromatic hydroxyl groups is 1. The fourth-order valence-electron chi connectivity index (χ4n) is 12.1. The second-order valence-electron chi connectivity index (χ2n) is 17.6. The standard InChI is InChI=1S/C40H56O7/c1-35(2)18-20-40(34(45)46-7)21-19-38(5)27(28(40)22-35)13-14-31-36(3)23-29(43)33(37(4,24-41)30(36)16-17-39(31,38)6)47-32(44)15-10-25-8-11-26(42)12-9-25/h8-13,15,28-31,33,41-43H,14,16-24H2,1-7H3/b15-10+/t28-,29+,30+,31+,33-,36-,37-,38+,39+,40-/m0/s1. The number of fused-ring (bicyclic) bond motifs is 7. The van der Waals surface area contributed by atoms with Crippen LogP contribution < -0.4 is 0 Å². The summed E-state index contributed by atoms with van der Waals surface area (Å²) in [5, 5.41) is 32.4. The molecule has 0 saturated heterocycles. The van der Waals surface area contributed by atoms with Crippen LogP contribution in [0.2, 0.25) is 0 Å². The smallest absolute Gasteiger partial charge is 0.331 e. The molecule has 0 unspecified atom stereocenters. The maximum absolute atomic E-state index is 13.5. The lowest BCUT2D eigenvalue weighted by molar-refractivity contribution is -0.249. The Morgan fingerprint density at radius 2 is 1.62 bits per heavy atom. The molecule has 0 heterocycles.